The van der Waals surface area contributed by atoms with Gasteiger partial charge in [-0.25, -0.2) is 0 Å². The summed E-state index contributed by atoms with van der Waals surface area (Å²) < 4.78 is 0. The second-order valence-electron chi connectivity index (χ2n) is 3.66. The third-order valence-corrected chi connectivity index (χ3v) is 2.82. The van der Waals surface area contributed by atoms with Crippen LogP contribution in [-0.2, 0) is 0 Å². The molecule has 0 aromatic heterocycles. The van der Waals surface area contributed by atoms with Crippen LogP contribution in [0.15, 0.2) is 24.3 Å². The van der Waals surface area contributed by atoms with Crippen LogP contribution >= 0.6 is 11.8 Å². The maximum absolute atomic E-state index is 3.47. The lowest BCUT2D eigenvalue weighted by Crippen LogP contribution is -2.06. The van der Waals surface area contributed by atoms with Crippen LogP contribution in [0.3, 0.4) is 0 Å². The summed E-state index contributed by atoms with van der Waals surface area (Å²) in [6.45, 7) is 5.51. The normalized spacial score (nSPS) is 10.6. The van der Waals surface area contributed by atoms with E-state index in [1.54, 1.807) is 0 Å². The molecule has 0 atom stereocenters. The van der Waals surface area contributed by atoms with Gasteiger partial charge < -0.3 is 5.32 Å². The largest absolute Gasteiger partial charge is 0.384 e. The predicted octanol–water partition coefficient (Wildman–Crippen LogP) is 3.58. The molecule has 0 radical (unpaired) electrons. The quantitative estimate of drug-likeness (QED) is 0.744. The average molecular weight is 209 g/mol. The van der Waals surface area contributed by atoms with Gasteiger partial charge in [-0.3, -0.25) is 0 Å². The molecule has 0 aliphatic heterocycles. The minimum Gasteiger partial charge on any atom is -0.384 e. The summed E-state index contributed by atoms with van der Waals surface area (Å²) in [5, 5.41) is 3.47. The fourth-order valence-electron chi connectivity index (χ4n) is 1.45. The molecule has 0 aliphatic carbocycles. The smallest absolute Gasteiger partial charge is 0.0375 e. The van der Waals surface area contributed by atoms with Gasteiger partial charge >= 0.3 is 0 Å². The number of rotatable bonds is 5. The zero-order valence-corrected chi connectivity index (χ0v) is 10.0. The molecular weight excluding hydrogens is 190 g/mol. The summed E-state index contributed by atoms with van der Waals surface area (Å²) in [7, 11) is 0. The standard InChI is InChI=1S/C12H19NS/c1-10(2)11-6-4-5-7-12(11)13-8-9-14-3/h4-7,10,13H,8-9H2,1-3H3. The number of hydrogen-bond donors (Lipinski definition) is 1. The molecule has 0 saturated heterocycles. The van der Waals surface area contributed by atoms with Crippen molar-refractivity contribution in [2.45, 2.75) is 19.8 Å². The van der Waals surface area contributed by atoms with Gasteiger partial charge in [0.25, 0.3) is 0 Å². The van der Waals surface area contributed by atoms with Gasteiger partial charge in [0.15, 0.2) is 0 Å². The van der Waals surface area contributed by atoms with Gasteiger partial charge in [0.1, 0.15) is 0 Å². The summed E-state index contributed by atoms with van der Waals surface area (Å²) in [6.07, 6.45) is 2.13. The molecule has 0 fully saturated rings. The van der Waals surface area contributed by atoms with Crippen molar-refractivity contribution < 1.29 is 0 Å². The molecule has 0 unspecified atom stereocenters. The molecular formula is C12H19NS. The summed E-state index contributed by atoms with van der Waals surface area (Å²) in [5.74, 6) is 1.75. The van der Waals surface area contributed by atoms with Crippen molar-refractivity contribution in [3.63, 3.8) is 0 Å². The summed E-state index contributed by atoms with van der Waals surface area (Å²) in [5.41, 5.74) is 2.70. The van der Waals surface area contributed by atoms with Crippen molar-refractivity contribution >= 4 is 17.4 Å². The molecule has 1 aromatic rings. The Hall–Kier alpha value is -0.630. The third-order valence-electron chi connectivity index (χ3n) is 2.20. The zero-order chi connectivity index (χ0) is 10.4. The summed E-state index contributed by atoms with van der Waals surface area (Å²) >= 11 is 1.87. The fraction of sp³-hybridized carbons (Fsp3) is 0.500. The Bertz CT molecular complexity index is 271. The Labute approximate surface area is 91.3 Å². The lowest BCUT2D eigenvalue weighted by Gasteiger charge is -2.13. The predicted molar refractivity (Wildman–Crippen MR) is 67.4 cm³/mol. The Kier molecular flexibility index (Phi) is 4.88. The monoisotopic (exact) mass is 209 g/mol. The van der Waals surface area contributed by atoms with Crippen molar-refractivity contribution in [3.8, 4) is 0 Å². The number of hydrogen-bond acceptors (Lipinski definition) is 2. The van der Waals surface area contributed by atoms with E-state index in [9.17, 15) is 0 Å². The second kappa shape index (κ2) is 5.97. The topological polar surface area (TPSA) is 12.0 Å². The van der Waals surface area contributed by atoms with Gasteiger partial charge in [0, 0.05) is 18.0 Å². The minimum atomic E-state index is 0.591. The van der Waals surface area contributed by atoms with Crippen LogP contribution in [0, 0.1) is 0 Å². The number of benzene rings is 1. The van der Waals surface area contributed by atoms with E-state index in [1.165, 1.54) is 11.3 Å². The first-order chi connectivity index (χ1) is 6.75. The molecule has 2 heteroatoms. The minimum absolute atomic E-state index is 0.591. The average Bonchev–Trinajstić information content (AvgIpc) is 2.19. The Morgan fingerprint density at radius 1 is 1.29 bits per heavy atom. The molecule has 14 heavy (non-hydrogen) atoms. The summed E-state index contributed by atoms with van der Waals surface area (Å²) in [6, 6.07) is 8.56. The zero-order valence-electron chi connectivity index (χ0n) is 9.21. The van der Waals surface area contributed by atoms with Gasteiger partial charge in [0.05, 0.1) is 0 Å². The molecule has 78 valence electrons. The molecule has 0 amide bonds. The van der Waals surface area contributed by atoms with E-state index in [0.29, 0.717) is 5.92 Å². The first-order valence-corrected chi connectivity index (χ1v) is 6.47. The molecule has 1 aromatic carbocycles. The van der Waals surface area contributed by atoms with Crippen LogP contribution < -0.4 is 5.32 Å². The van der Waals surface area contributed by atoms with Crippen LogP contribution in [-0.4, -0.2) is 18.6 Å². The van der Waals surface area contributed by atoms with Crippen LogP contribution in [0.2, 0.25) is 0 Å². The molecule has 0 spiro atoms. The molecule has 0 aliphatic rings. The maximum Gasteiger partial charge on any atom is 0.0375 e. The molecule has 0 bridgehead atoms. The highest BCUT2D eigenvalue weighted by Crippen LogP contribution is 2.23. The van der Waals surface area contributed by atoms with E-state index in [0.717, 1.165) is 12.3 Å². The lowest BCUT2D eigenvalue weighted by molar-refractivity contribution is 0.866. The molecule has 1 rings (SSSR count). The van der Waals surface area contributed by atoms with Gasteiger partial charge in [-0.15, -0.1) is 0 Å². The highest BCUT2D eigenvalue weighted by atomic mass is 32.2. The van der Waals surface area contributed by atoms with Crippen LogP contribution in [0.4, 0.5) is 5.69 Å². The van der Waals surface area contributed by atoms with Gasteiger partial charge in [0.2, 0.25) is 0 Å². The molecule has 0 heterocycles. The van der Waals surface area contributed by atoms with Gasteiger partial charge in [-0.05, 0) is 23.8 Å². The number of nitrogens with one attached hydrogen (secondary N) is 1. The molecule has 1 nitrogen and oxygen atoms in total. The van der Waals surface area contributed by atoms with E-state index in [-0.39, 0.29) is 0 Å². The van der Waals surface area contributed by atoms with E-state index in [4.69, 9.17) is 0 Å². The van der Waals surface area contributed by atoms with E-state index in [1.807, 2.05) is 11.8 Å². The van der Waals surface area contributed by atoms with Crippen LogP contribution in [0.1, 0.15) is 25.3 Å². The Morgan fingerprint density at radius 2 is 2.00 bits per heavy atom. The van der Waals surface area contributed by atoms with Crippen molar-refractivity contribution in [1.29, 1.82) is 0 Å². The van der Waals surface area contributed by atoms with Crippen LogP contribution in [0.25, 0.3) is 0 Å². The Balaban J connectivity index is 2.64. The molecule has 1 N–H and O–H groups in total. The van der Waals surface area contributed by atoms with E-state index >= 15 is 0 Å². The number of para-hydroxylation sites is 1. The van der Waals surface area contributed by atoms with E-state index < -0.39 is 0 Å². The van der Waals surface area contributed by atoms with Crippen molar-refractivity contribution in [2.24, 2.45) is 0 Å². The first kappa shape index (κ1) is 11.4. The first-order valence-electron chi connectivity index (χ1n) is 5.07. The van der Waals surface area contributed by atoms with Gasteiger partial charge in [-0.1, -0.05) is 32.0 Å². The highest BCUT2D eigenvalue weighted by molar-refractivity contribution is 7.98. The lowest BCUT2D eigenvalue weighted by atomic mass is 10.0. The third kappa shape index (κ3) is 3.26. The fourth-order valence-corrected chi connectivity index (χ4v) is 1.76. The maximum atomic E-state index is 3.47. The van der Waals surface area contributed by atoms with E-state index in [2.05, 4.69) is 49.7 Å². The van der Waals surface area contributed by atoms with Gasteiger partial charge in [-0.2, -0.15) is 11.8 Å². The highest BCUT2D eigenvalue weighted by Gasteiger charge is 2.03. The van der Waals surface area contributed by atoms with Crippen molar-refractivity contribution in [3.05, 3.63) is 29.8 Å². The van der Waals surface area contributed by atoms with Crippen molar-refractivity contribution in [1.82, 2.24) is 0 Å². The number of thioether (sulfide) groups is 1. The van der Waals surface area contributed by atoms with Crippen molar-refractivity contribution in [2.75, 3.05) is 23.9 Å². The second-order valence-corrected chi connectivity index (χ2v) is 4.65. The van der Waals surface area contributed by atoms with Crippen LogP contribution in [0.5, 0.6) is 0 Å². The number of anilines is 1. The summed E-state index contributed by atoms with van der Waals surface area (Å²) in [4.78, 5) is 0. The Morgan fingerprint density at radius 3 is 2.64 bits per heavy atom. The molecule has 0 saturated carbocycles. The SMILES string of the molecule is CSCCNc1ccccc1C(C)C.